The number of hydrogen-bond acceptors (Lipinski definition) is 3. The first kappa shape index (κ1) is 16.7. The van der Waals surface area contributed by atoms with Crippen LogP contribution in [0.25, 0.3) is 0 Å². The van der Waals surface area contributed by atoms with Crippen molar-refractivity contribution in [3.05, 3.63) is 58.5 Å². The van der Waals surface area contributed by atoms with E-state index >= 15 is 0 Å². The fourth-order valence-electron chi connectivity index (χ4n) is 4.56. The van der Waals surface area contributed by atoms with Crippen LogP contribution < -0.4 is 0 Å². The minimum atomic E-state index is 0.173. The second-order valence-electron chi connectivity index (χ2n) is 7.30. The van der Waals surface area contributed by atoms with Gasteiger partial charge in [0.25, 0.3) is 0 Å². The number of fused-ring (bicyclic) bond motifs is 1. The van der Waals surface area contributed by atoms with E-state index < -0.39 is 0 Å². The zero-order valence-electron chi connectivity index (χ0n) is 14.6. The average molecular weight is 359 g/mol. The molecule has 5 heteroatoms. The van der Waals surface area contributed by atoms with Crippen LogP contribution in [0.1, 0.15) is 29.9 Å². The van der Waals surface area contributed by atoms with Gasteiger partial charge >= 0.3 is 0 Å². The van der Waals surface area contributed by atoms with Crippen LogP contribution >= 0.6 is 11.6 Å². The van der Waals surface area contributed by atoms with E-state index in [0.717, 1.165) is 31.9 Å². The van der Waals surface area contributed by atoms with Crippen LogP contribution in [0.15, 0.2) is 40.8 Å². The molecule has 2 fully saturated rings. The fourth-order valence-corrected chi connectivity index (χ4v) is 4.73. The number of aryl methyl sites for hydroxylation is 1. The lowest BCUT2D eigenvalue weighted by Gasteiger charge is -2.30. The van der Waals surface area contributed by atoms with Crippen LogP contribution in [-0.2, 0) is 11.3 Å². The van der Waals surface area contributed by atoms with Gasteiger partial charge in [0.15, 0.2) is 5.22 Å². The Labute approximate surface area is 153 Å². The summed E-state index contributed by atoms with van der Waals surface area (Å²) in [5.41, 5.74) is 2.55. The molecule has 2 aliphatic rings. The van der Waals surface area contributed by atoms with Crippen LogP contribution in [0, 0.1) is 18.8 Å². The first-order valence-electron chi connectivity index (χ1n) is 8.82. The second-order valence-corrected chi connectivity index (χ2v) is 7.67. The number of furan rings is 1. The number of amides is 1. The molecule has 0 radical (unpaired) electrons. The minimum absolute atomic E-state index is 0.173. The summed E-state index contributed by atoms with van der Waals surface area (Å²) in [6.07, 6.45) is 0. The highest BCUT2D eigenvalue weighted by Crippen LogP contribution is 2.46. The molecular weight excluding hydrogens is 336 g/mol. The first-order chi connectivity index (χ1) is 12.0. The Bertz CT molecular complexity index is 788. The maximum atomic E-state index is 12.2. The van der Waals surface area contributed by atoms with Gasteiger partial charge in [0, 0.05) is 32.5 Å². The SMILES string of the molecule is CC(=O)N1C[C@H]2CN(Cc3ccc(Cl)o3)C[C@H]2[C@H]1c1ccccc1C. The number of benzene rings is 1. The fraction of sp³-hybridized carbons (Fsp3) is 0.450. The van der Waals surface area contributed by atoms with Crippen molar-refractivity contribution in [3.63, 3.8) is 0 Å². The van der Waals surface area contributed by atoms with E-state index in [1.807, 2.05) is 6.07 Å². The number of halogens is 1. The van der Waals surface area contributed by atoms with Crippen molar-refractivity contribution in [1.82, 2.24) is 9.80 Å². The Hall–Kier alpha value is -1.78. The van der Waals surface area contributed by atoms with Crippen LogP contribution in [0.3, 0.4) is 0 Å². The summed E-state index contributed by atoms with van der Waals surface area (Å²) in [5, 5.41) is 0.440. The van der Waals surface area contributed by atoms with Crippen molar-refractivity contribution in [2.24, 2.45) is 11.8 Å². The summed E-state index contributed by atoms with van der Waals surface area (Å²) in [7, 11) is 0. The van der Waals surface area contributed by atoms with Gasteiger partial charge in [-0.1, -0.05) is 24.3 Å². The third-order valence-corrected chi connectivity index (χ3v) is 5.86. The molecule has 2 saturated heterocycles. The van der Waals surface area contributed by atoms with Gasteiger partial charge in [-0.3, -0.25) is 9.69 Å². The standard InChI is InChI=1S/C20H23ClN2O2/c1-13-5-3-4-6-17(13)20-18-12-22(11-16-7-8-19(21)25-16)9-15(18)10-23(20)14(2)24/h3-8,15,18,20H,9-12H2,1-2H3/t15-,18-,20-/m1/s1. The summed E-state index contributed by atoms with van der Waals surface area (Å²) in [6.45, 7) is 7.42. The molecule has 1 aromatic carbocycles. The van der Waals surface area contributed by atoms with Crippen molar-refractivity contribution in [2.45, 2.75) is 26.4 Å². The summed E-state index contributed by atoms with van der Waals surface area (Å²) in [6, 6.07) is 12.4. The highest BCUT2D eigenvalue weighted by Gasteiger charge is 2.48. The zero-order chi connectivity index (χ0) is 17.6. The molecule has 0 aliphatic carbocycles. The Morgan fingerprint density at radius 1 is 1.20 bits per heavy atom. The first-order valence-corrected chi connectivity index (χ1v) is 9.20. The number of likely N-dealkylation sites (tertiary alicyclic amines) is 2. The summed E-state index contributed by atoms with van der Waals surface area (Å²) < 4.78 is 5.52. The Morgan fingerprint density at radius 3 is 2.68 bits per heavy atom. The third-order valence-electron chi connectivity index (χ3n) is 5.66. The van der Waals surface area contributed by atoms with E-state index in [1.165, 1.54) is 11.1 Å². The number of rotatable bonds is 3. The van der Waals surface area contributed by atoms with Crippen molar-refractivity contribution in [1.29, 1.82) is 0 Å². The molecule has 3 atom stereocenters. The molecule has 2 aliphatic heterocycles. The molecule has 1 aromatic heterocycles. The smallest absolute Gasteiger partial charge is 0.219 e. The van der Waals surface area contributed by atoms with Gasteiger partial charge in [0.1, 0.15) is 5.76 Å². The second kappa shape index (κ2) is 6.50. The number of carbonyl (C=O) groups excluding carboxylic acids is 1. The Kier molecular flexibility index (Phi) is 4.34. The number of carbonyl (C=O) groups is 1. The monoisotopic (exact) mass is 358 g/mol. The molecule has 0 spiro atoms. The molecule has 3 heterocycles. The van der Waals surface area contributed by atoms with Crippen molar-refractivity contribution in [3.8, 4) is 0 Å². The van der Waals surface area contributed by atoms with E-state index in [0.29, 0.717) is 17.1 Å². The number of nitrogens with zero attached hydrogens (tertiary/aromatic N) is 2. The Balaban J connectivity index is 1.57. The van der Waals surface area contributed by atoms with Crippen LogP contribution in [0.5, 0.6) is 0 Å². The molecule has 1 amide bonds. The topological polar surface area (TPSA) is 36.7 Å². The van der Waals surface area contributed by atoms with Gasteiger partial charge in [-0.15, -0.1) is 0 Å². The molecule has 0 saturated carbocycles. The van der Waals surface area contributed by atoms with Crippen LogP contribution in [-0.4, -0.2) is 35.3 Å². The molecule has 2 aromatic rings. The molecule has 0 unspecified atom stereocenters. The van der Waals surface area contributed by atoms with Gasteiger partial charge in [0.05, 0.1) is 12.6 Å². The summed E-state index contributed by atoms with van der Waals surface area (Å²) >= 11 is 5.89. The van der Waals surface area contributed by atoms with Gasteiger partial charge in [-0.2, -0.15) is 0 Å². The lowest BCUT2D eigenvalue weighted by molar-refractivity contribution is -0.130. The van der Waals surface area contributed by atoms with Crippen LogP contribution in [0.2, 0.25) is 5.22 Å². The molecule has 4 nitrogen and oxygen atoms in total. The molecule has 0 N–H and O–H groups in total. The van der Waals surface area contributed by atoms with E-state index in [4.69, 9.17) is 16.0 Å². The van der Waals surface area contributed by atoms with E-state index in [2.05, 4.69) is 41.0 Å². The maximum Gasteiger partial charge on any atom is 0.219 e. The van der Waals surface area contributed by atoms with Crippen molar-refractivity contribution < 1.29 is 9.21 Å². The quantitative estimate of drug-likeness (QED) is 0.835. The van der Waals surface area contributed by atoms with Crippen molar-refractivity contribution >= 4 is 17.5 Å². The van der Waals surface area contributed by atoms with E-state index in [-0.39, 0.29) is 11.9 Å². The lowest BCUT2D eigenvalue weighted by Crippen LogP contribution is -2.34. The van der Waals surface area contributed by atoms with Crippen LogP contribution in [0.4, 0.5) is 0 Å². The predicted molar refractivity (Wildman–Crippen MR) is 97.3 cm³/mol. The zero-order valence-corrected chi connectivity index (χ0v) is 15.4. The summed E-state index contributed by atoms with van der Waals surface area (Å²) in [4.78, 5) is 16.7. The third kappa shape index (κ3) is 3.09. The number of hydrogen-bond donors (Lipinski definition) is 0. The summed E-state index contributed by atoms with van der Waals surface area (Å²) in [5.74, 6) is 2.06. The lowest BCUT2D eigenvalue weighted by atomic mass is 9.87. The van der Waals surface area contributed by atoms with Gasteiger partial charge in [-0.05, 0) is 47.7 Å². The van der Waals surface area contributed by atoms with Crippen molar-refractivity contribution in [2.75, 3.05) is 19.6 Å². The van der Waals surface area contributed by atoms with E-state index in [9.17, 15) is 4.79 Å². The molecule has 0 bridgehead atoms. The molecule has 132 valence electrons. The average Bonchev–Trinajstić information content (AvgIpc) is 3.23. The molecular formula is C20H23ClN2O2. The molecule has 4 rings (SSSR count). The van der Waals surface area contributed by atoms with E-state index in [1.54, 1.807) is 13.0 Å². The highest BCUT2D eigenvalue weighted by molar-refractivity contribution is 6.28. The highest BCUT2D eigenvalue weighted by atomic mass is 35.5. The minimum Gasteiger partial charge on any atom is -0.448 e. The normalized spacial score (nSPS) is 26.2. The van der Waals surface area contributed by atoms with Gasteiger partial charge < -0.3 is 9.32 Å². The molecule has 25 heavy (non-hydrogen) atoms. The van der Waals surface area contributed by atoms with Gasteiger partial charge in [0.2, 0.25) is 5.91 Å². The van der Waals surface area contributed by atoms with Gasteiger partial charge in [-0.25, -0.2) is 0 Å². The maximum absolute atomic E-state index is 12.2. The Morgan fingerprint density at radius 2 is 2.00 bits per heavy atom. The predicted octanol–water partition coefficient (Wildman–Crippen LogP) is 3.89. The largest absolute Gasteiger partial charge is 0.448 e.